The van der Waals surface area contributed by atoms with E-state index in [2.05, 4.69) is 4.98 Å². The minimum absolute atomic E-state index is 0.266. The highest BCUT2D eigenvalue weighted by Gasteiger charge is 2.09. The van der Waals surface area contributed by atoms with Gasteiger partial charge in [-0.25, -0.2) is 9.18 Å². The van der Waals surface area contributed by atoms with Gasteiger partial charge in [0.1, 0.15) is 5.82 Å². The maximum Gasteiger partial charge on any atom is 0.331 e. The van der Waals surface area contributed by atoms with E-state index in [1.165, 1.54) is 16.7 Å². The van der Waals surface area contributed by atoms with Crippen LogP contribution in [0, 0.1) is 5.82 Å². The first-order chi connectivity index (χ1) is 9.19. The molecule has 1 heterocycles. The van der Waals surface area contributed by atoms with Crippen molar-refractivity contribution in [2.75, 3.05) is 6.26 Å². The largest absolute Gasteiger partial charge is 0.331 e. The zero-order chi connectivity index (χ0) is 13.4. The predicted octanol–water partition coefficient (Wildman–Crippen LogP) is 3.18. The number of hydrogen-bond acceptors (Lipinski definition) is 2. The molecule has 19 heavy (non-hydrogen) atoms. The Balaban J connectivity index is 2.25. The van der Waals surface area contributed by atoms with Crippen molar-refractivity contribution in [1.82, 2.24) is 9.55 Å². The fourth-order valence-corrected chi connectivity index (χ4v) is 2.47. The molecule has 0 aliphatic heterocycles. The summed E-state index contributed by atoms with van der Waals surface area (Å²) in [5, 5.41) is 0. The Hall–Kier alpha value is -2.01. The van der Waals surface area contributed by atoms with Crippen LogP contribution in [0.1, 0.15) is 0 Å². The van der Waals surface area contributed by atoms with Crippen LogP contribution in [0.25, 0.3) is 16.7 Å². The lowest BCUT2D eigenvalue weighted by Crippen LogP contribution is -2.14. The molecule has 0 aliphatic carbocycles. The number of nitrogens with one attached hydrogen (secondary N) is 1. The maximum atomic E-state index is 13.3. The molecule has 0 atom stereocenters. The van der Waals surface area contributed by atoms with Crippen LogP contribution >= 0.6 is 11.8 Å². The van der Waals surface area contributed by atoms with Crippen LogP contribution < -0.4 is 5.69 Å². The van der Waals surface area contributed by atoms with Gasteiger partial charge in [0.15, 0.2) is 0 Å². The topological polar surface area (TPSA) is 37.8 Å². The van der Waals surface area contributed by atoms with Gasteiger partial charge in [-0.1, -0.05) is 0 Å². The van der Waals surface area contributed by atoms with Crippen molar-refractivity contribution in [3.8, 4) is 5.69 Å². The van der Waals surface area contributed by atoms with Crippen LogP contribution in [0.5, 0.6) is 0 Å². The maximum absolute atomic E-state index is 13.3. The monoisotopic (exact) mass is 274 g/mol. The van der Waals surface area contributed by atoms with Crippen LogP contribution in [0.4, 0.5) is 4.39 Å². The van der Waals surface area contributed by atoms with Gasteiger partial charge in [0.05, 0.1) is 16.7 Å². The Bertz CT molecular complexity index is 789. The first kappa shape index (κ1) is 12.0. The van der Waals surface area contributed by atoms with E-state index >= 15 is 0 Å². The number of H-pyrrole nitrogens is 1. The second-order valence-electron chi connectivity index (χ2n) is 4.13. The molecule has 0 amide bonds. The average Bonchev–Trinajstić information content (AvgIpc) is 2.74. The van der Waals surface area contributed by atoms with Gasteiger partial charge in [-0.2, -0.15) is 0 Å². The number of aromatic nitrogens is 2. The summed E-state index contributed by atoms with van der Waals surface area (Å²) in [5.74, 6) is -0.360. The van der Waals surface area contributed by atoms with Crippen LogP contribution in [-0.4, -0.2) is 15.8 Å². The molecule has 1 N–H and O–H groups in total. The number of aromatic amines is 1. The molecule has 1 aromatic heterocycles. The molecule has 0 saturated heterocycles. The van der Waals surface area contributed by atoms with Crippen molar-refractivity contribution < 1.29 is 4.39 Å². The number of thioether (sulfide) groups is 1. The summed E-state index contributed by atoms with van der Waals surface area (Å²) in [5.41, 5.74) is 1.62. The third kappa shape index (κ3) is 2.06. The lowest BCUT2D eigenvalue weighted by atomic mass is 10.2. The molecule has 0 fully saturated rings. The Morgan fingerprint density at radius 2 is 1.89 bits per heavy atom. The molecular weight excluding hydrogens is 263 g/mol. The smallest absolute Gasteiger partial charge is 0.305 e. The summed E-state index contributed by atoms with van der Waals surface area (Å²) in [6.07, 6.45) is 1.99. The van der Waals surface area contributed by atoms with Crippen LogP contribution in [0.3, 0.4) is 0 Å². The summed E-state index contributed by atoms with van der Waals surface area (Å²) in [7, 11) is 0. The van der Waals surface area contributed by atoms with Crippen LogP contribution in [0.2, 0.25) is 0 Å². The number of nitrogens with zero attached hydrogens (tertiary/aromatic N) is 1. The van der Waals surface area contributed by atoms with Gasteiger partial charge in [0.2, 0.25) is 0 Å². The molecule has 96 valence electrons. The van der Waals surface area contributed by atoms with E-state index in [9.17, 15) is 9.18 Å². The predicted molar refractivity (Wildman–Crippen MR) is 75.6 cm³/mol. The second-order valence-corrected chi connectivity index (χ2v) is 5.00. The molecule has 0 radical (unpaired) electrons. The van der Waals surface area contributed by atoms with Crippen LogP contribution in [0.15, 0.2) is 52.2 Å². The molecule has 3 rings (SSSR count). The van der Waals surface area contributed by atoms with Gasteiger partial charge in [0, 0.05) is 11.0 Å². The third-order valence-electron chi connectivity index (χ3n) is 2.98. The number of hydrogen-bond donors (Lipinski definition) is 1. The zero-order valence-corrected chi connectivity index (χ0v) is 11.0. The van der Waals surface area contributed by atoms with E-state index < -0.39 is 0 Å². The molecule has 2 aromatic carbocycles. The number of benzene rings is 2. The van der Waals surface area contributed by atoms with E-state index in [0.29, 0.717) is 11.0 Å². The standard InChI is InChI=1S/C14H11FN2OS/c1-19-11-5-3-10(4-6-11)17-13-8-9(15)2-7-12(13)16-14(17)18/h2-8H,1H3,(H,16,18). The van der Waals surface area contributed by atoms with Crippen molar-refractivity contribution in [1.29, 1.82) is 0 Å². The fraction of sp³-hybridized carbons (Fsp3) is 0.0714. The highest BCUT2D eigenvalue weighted by Crippen LogP contribution is 2.20. The lowest BCUT2D eigenvalue weighted by Gasteiger charge is -2.04. The third-order valence-corrected chi connectivity index (χ3v) is 3.72. The minimum atomic E-state index is -0.360. The van der Waals surface area contributed by atoms with Gasteiger partial charge in [0.25, 0.3) is 0 Å². The molecule has 0 aliphatic rings. The number of rotatable bonds is 2. The van der Waals surface area contributed by atoms with E-state index in [1.807, 2.05) is 30.5 Å². The van der Waals surface area contributed by atoms with Gasteiger partial charge < -0.3 is 4.98 Å². The normalized spacial score (nSPS) is 11.1. The molecule has 3 nitrogen and oxygen atoms in total. The molecule has 0 saturated carbocycles. The number of halogens is 1. The summed E-state index contributed by atoms with van der Waals surface area (Å²) < 4.78 is 14.8. The molecule has 0 unspecified atom stereocenters. The molecule has 3 aromatic rings. The first-order valence-electron chi connectivity index (χ1n) is 5.74. The van der Waals surface area contributed by atoms with E-state index in [0.717, 1.165) is 10.6 Å². The Morgan fingerprint density at radius 3 is 2.58 bits per heavy atom. The van der Waals surface area contributed by atoms with Gasteiger partial charge in [-0.05, 0) is 42.7 Å². The van der Waals surface area contributed by atoms with E-state index in [-0.39, 0.29) is 11.5 Å². The SMILES string of the molecule is CSc1ccc(-n2c(=O)[nH]c3ccc(F)cc32)cc1. The Morgan fingerprint density at radius 1 is 1.16 bits per heavy atom. The molecular formula is C14H11FN2OS. The van der Waals surface area contributed by atoms with Crippen LogP contribution in [-0.2, 0) is 0 Å². The summed E-state index contributed by atoms with van der Waals surface area (Å²) in [6, 6.07) is 11.8. The van der Waals surface area contributed by atoms with Gasteiger partial charge in [-0.15, -0.1) is 11.8 Å². The Kier molecular flexibility index (Phi) is 2.91. The fourth-order valence-electron chi connectivity index (χ4n) is 2.06. The summed E-state index contributed by atoms with van der Waals surface area (Å²) >= 11 is 1.63. The zero-order valence-electron chi connectivity index (χ0n) is 10.2. The quantitative estimate of drug-likeness (QED) is 0.729. The summed E-state index contributed by atoms with van der Waals surface area (Å²) in [6.45, 7) is 0. The number of fused-ring (bicyclic) bond motifs is 1. The van der Waals surface area contributed by atoms with E-state index in [4.69, 9.17) is 0 Å². The molecule has 0 spiro atoms. The number of imidazole rings is 1. The van der Waals surface area contributed by atoms with Crippen molar-refractivity contribution in [3.05, 3.63) is 58.8 Å². The second kappa shape index (κ2) is 4.59. The van der Waals surface area contributed by atoms with Gasteiger partial charge >= 0.3 is 5.69 Å². The van der Waals surface area contributed by atoms with Gasteiger partial charge in [-0.3, -0.25) is 4.57 Å². The van der Waals surface area contributed by atoms with Crippen molar-refractivity contribution in [3.63, 3.8) is 0 Å². The minimum Gasteiger partial charge on any atom is -0.305 e. The average molecular weight is 274 g/mol. The van der Waals surface area contributed by atoms with E-state index in [1.54, 1.807) is 17.8 Å². The Labute approximate surface area is 113 Å². The highest BCUT2D eigenvalue weighted by molar-refractivity contribution is 7.98. The van der Waals surface area contributed by atoms with Crippen molar-refractivity contribution in [2.24, 2.45) is 0 Å². The lowest BCUT2D eigenvalue weighted by molar-refractivity contribution is 0.629. The molecule has 5 heteroatoms. The molecule has 0 bridgehead atoms. The summed E-state index contributed by atoms with van der Waals surface area (Å²) in [4.78, 5) is 15.8. The highest BCUT2D eigenvalue weighted by atomic mass is 32.2. The first-order valence-corrected chi connectivity index (χ1v) is 6.96. The van der Waals surface area contributed by atoms with Crippen molar-refractivity contribution >= 4 is 22.8 Å². The van der Waals surface area contributed by atoms with Crippen molar-refractivity contribution in [2.45, 2.75) is 4.90 Å².